The predicted octanol–water partition coefficient (Wildman–Crippen LogP) is 2.69. The molecule has 2 atom stereocenters. The minimum Gasteiger partial charge on any atom is -0.321 e. The Labute approximate surface area is 91.4 Å². The summed E-state index contributed by atoms with van der Waals surface area (Å²) in [4.78, 5) is 0. The van der Waals surface area contributed by atoms with Gasteiger partial charge in [0, 0.05) is 5.54 Å². The van der Waals surface area contributed by atoms with Gasteiger partial charge in [0.1, 0.15) is 0 Å². The Morgan fingerprint density at radius 1 is 1.06 bits per heavy atom. The number of hydrogen-bond donors (Lipinski definition) is 1. The first-order valence-electron chi connectivity index (χ1n) is 5.49. The summed E-state index contributed by atoms with van der Waals surface area (Å²) in [6.45, 7) is 0. The summed E-state index contributed by atoms with van der Waals surface area (Å²) in [6, 6.07) is 2.08. The van der Waals surface area contributed by atoms with E-state index in [1.54, 1.807) is 0 Å². The second-order valence-electron chi connectivity index (χ2n) is 4.83. The second-order valence-corrected chi connectivity index (χ2v) is 4.83. The van der Waals surface area contributed by atoms with Crippen molar-refractivity contribution < 1.29 is 13.2 Å². The van der Waals surface area contributed by atoms with Gasteiger partial charge in [0.05, 0.1) is 0 Å². The Bertz CT molecular complexity index is 425. The topological polar surface area (TPSA) is 26.0 Å². The molecule has 2 aliphatic rings. The highest BCUT2D eigenvalue weighted by Crippen LogP contribution is 2.64. The molecule has 3 rings (SSSR count). The lowest BCUT2D eigenvalue weighted by Gasteiger charge is -2.16. The summed E-state index contributed by atoms with van der Waals surface area (Å²) < 4.78 is 39.0. The van der Waals surface area contributed by atoms with Gasteiger partial charge in [-0.1, -0.05) is 6.42 Å². The molecular weight excluding hydrogens is 215 g/mol. The summed E-state index contributed by atoms with van der Waals surface area (Å²) in [5, 5.41) is 0. The highest BCUT2D eigenvalue weighted by atomic mass is 19.2. The number of rotatable bonds is 1. The number of nitrogens with two attached hydrogens (primary N) is 1. The van der Waals surface area contributed by atoms with Gasteiger partial charge in [-0.2, -0.15) is 0 Å². The van der Waals surface area contributed by atoms with Crippen molar-refractivity contribution in [1.82, 2.24) is 0 Å². The summed E-state index contributed by atoms with van der Waals surface area (Å²) in [7, 11) is 0. The van der Waals surface area contributed by atoms with E-state index in [2.05, 4.69) is 0 Å². The summed E-state index contributed by atoms with van der Waals surface area (Å²) in [5.41, 5.74) is 5.93. The van der Waals surface area contributed by atoms with Gasteiger partial charge in [-0.3, -0.25) is 0 Å². The number of benzene rings is 1. The Balaban J connectivity index is 2.02. The van der Waals surface area contributed by atoms with Gasteiger partial charge < -0.3 is 5.73 Å². The molecular formula is C12H12F3N. The van der Waals surface area contributed by atoms with Gasteiger partial charge in [-0.25, -0.2) is 13.2 Å². The van der Waals surface area contributed by atoms with Gasteiger partial charge in [-0.05, 0) is 42.4 Å². The van der Waals surface area contributed by atoms with Crippen molar-refractivity contribution in [3.63, 3.8) is 0 Å². The minimum atomic E-state index is -1.42. The zero-order valence-electron chi connectivity index (χ0n) is 8.64. The van der Waals surface area contributed by atoms with Crippen LogP contribution in [0, 0.1) is 29.3 Å². The molecule has 0 heterocycles. The van der Waals surface area contributed by atoms with E-state index in [1.807, 2.05) is 0 Å². The predicted molar refractivity (Wildman–Crippen MR) is 53.0 cm³/mol. The van der Waals surface area contributed by atoms with E-state index >= 15 is 0 Å². The van der Waals surface area contributed by atoms with Crippen molar-refractivity contribution in [1.29, 1.82) is 0 Å². The molecule has 0 bridgehead atoms. The van der Waals surface area contributed by atoms with Crippen LogP contribution in [0.15, 0.2) is 12.1 Å². The van der Waals surface area contributed by atoms with E-state index in [-0.39, 0.29) is 0 Å². The molecule has 0 saturated heterocycles. The lowest BCUT2D eigenvalue weighted by Crippen LogP contribution is -2.26. The number of hydrogen-bond acceptors (Lipinski definition) is 1. The van der Waals surface area contributed by atoms with Crippen LogP contribution in [0.5, 0.6) is 0 Å². The van der Waals surface area contributed by atoms with Crippen LogP contribution in [0.25, 0.3) is 0 Å². The third-order valence-electron chi connectivity index (χ3n) is 4.12. The highest BCUT2D eigenvalue weighted by Gasteiger charge is 2.64. The van der Waals surface area contributed by atoms with E-state index in [0.717, 1.165) is 31.4 Å². The first-order chi connectivity index (χ1) is 7.55. The average molecular weight is 227 g/mol. The fourth-order valence-corrected chi connectivity index (χ4v) is 3.23. The van der Waals surface area contributed by atoms with E-state index in [4.69, 9.17) is 5.73 Å². The molecule has 2 fully saturated rings. The molecule has 0 aliphatic heterocycles. The standard InChI is InChI=1S/C12H12F3N/c13-9-4-6(5-10(14)11(9)15)12(16)7-2-1-3-8(7)12/h4-5,7-8H,1-3,16H2. The smallest absolute Gasteiger partial charge is 0.194 e. The Kier molecular flexibility index (Phi) is 1.90. The van der Waals surface area contributed by atoms with Gasteiger partial charge >= 0.3 is 0 Å². The largest absolute Gasteiger partial charge is 0.321 e. The molecule has 2 aliphatic carbocycles. The maximum Gasteiger partial charge on any atom is 0.194 e. The molecule has 86 valence electrons. The zero-order valence-corrected chi connectivity index (χ0v) is 8.64. The van der Waals surface area contributed by atoms with Crippen molar-refractivity contribution >= 4 is 0 Å². The first kappa shape index (κ1) is 10.1. The van der Waals surface area contributed by atoms with Crippen molar-refractivity contribution in [2.45, 2.75) is 24.8 Å². The normalized spacial score (nSPS) is 36.2. The number of fused-ring (bicyclic) bond motifs is 1. The molecule has 0 amide bonds. The average Bonchev–Trinajstić information content (AvgIpc) is 2.68. The molecule has 1 aromatic carbocycles. The second kappa shape index (κ2) is 3.00. The fourth-order valence-electron chi connectivity index (χ4n) is 3.23. The van der Waals surface area contributed by atoms with Crippen molar-refractivity contribution in [2.24, 2.45) is 17.6 Å². The molecule has 4 heteroatoms. The van der Waals surface area contributed by atoms with Gasteiger partial charge in [0.25, 0.3) is 0 Å². The Hall–Kier alpha value is -1.03. The van der Waals surface area contributed by atoms with Crippen LogP contribution in [0.1, 0.15) is 24.8 Å². The molecule has 2 N–H and O–H groups in total. The van der Waals surface area contributed by atoms with E-state index in [9.17, 15) is 13.2 Å². The van der Waals surface area contributed by atoms with Crippen LogP contribution in [0.2, 0.25) is 0 Å². The van der Waals surface area contributed by atoms with Crippen LogP contribution in [0.3, 0.4) is 0 Å². The highest BCUT2D eigenvalue weighted by molar-refractivity contribution is 5.37. The molecule has 0 spiro atoms. The molecule has 0 radical (unpaired) electrons. The van der Waals surface area contributed by atoms with Gasteiger partial charge in [0.15, 0.2) is 17.5 Å². The maximum absolute atomic E-state index is 13.1. The lowest BCUT2D eigenvalue weighted by atomic mass is 9.96. The van der Waals surface area contributed by atoms with Gasteiger partial charge in [-0.15, -0.1) is 0 Å². The first-order valence-corrected chi connectivity index (χ1v) is 5.49. The van der Waals surface area contributed by atoms with Crippen molar-refractivity contribution in [3.05, 3.63) is 35.1 Å². The Morgan fingerprint density at radius 2 is 1.56 bits per heavy atom. The zero-order chi connectivity index (χ0) is 11.5. The summed E-state index contributed by atoms with van der Waals surface area (Å²) in [6.07, 6.45) is 3.13. The van der Waals surface area contributed by atoms with Crippen LogP contribution in [0.4, 0.5) is 13.2 Å². The molecule has 16 heavy (non-hydrogen) atoms. The summed E-state index contributed by atoms with van der Waals surface area (Å²) in [5.74, 6) is -3.08. The van der Waals surface area contributed by atoms with Crippen LogP contribution < -0.4 is 5.73 Å². The van der Waals surface area contributed by atoms with Crippen LogP contribution in [-0.2, 0) is 5.54 Å². The third-order valence-corrected chi connectivity index (χ3v) is 4.12. The lowest BCUT2D eigenvalue weighted by molar-refractivity contribution is 0.437. The van der Waals surface area contributed by atoms with Crippen LogP contribution >= 0.6 is 0 Å². The maximum atomic E-state index is 13.1. The molecule has 1 nitrogen and oxygen atoms in total. The van der Waals surface area contributed by atoms with Gasteiger partial charge in [0.2, 0.25) is 0 Å². The van der Waals surface area contributed by atoms with Crippen LogP contribution in [-0.4, -0.2) is 0 Å². The van der Waals surface area contributed by atoms with E-state index in [0.29, 0.717) is 17.4 Å². The van der Waals surface area contributed by atoms with E-state index < -0.39 is 23.0 Å². The van der Waals surface area contributed by atoms with Crippen molar-refractivity contribution in [3.8, 4) is 0 Å². The molecule has 1 aromatic rings. The fraction of sp³-hybridized carbons (Fsp3) is 0.500. The molecule has 2 unspecified atom stereocenters. The van der Waals surface area contributed by atoms with E-state index in [1.165, 1.54) is 0 Å². The molecule has 2 saturated carbocycles. The van der Waals surface area contributed by atoms with Crippen molar-refractivity contribution in [2.75, 3.05) is 0 Å². The monoisotopic (exact) mass is 227 g/mol. The SMILES string of the molecule is NC1(c2cc(F)c(F)c(F)c2)C2CCCC21. The molecule has 0 aromatic heterocycles. The summed E-state index contributed by atoms with van der Waals surface area (Å²) >= 11 is 0. The Morgan fingerprint density at radius 3 is 2.06 bits per heavy atom. The minimum absolute atomic E-state index is 0.316. The third kappa shape index (κ3) is 1.11. The number of halogens is 3. The quantitative estimate of drug-likeness (QED) is 0.733.